The van der Waals surface area contributed by atoms with Crippen LogP contribution in [0, 0.1) is 21.4 Å². The Kier molecular flexibility index (Phi) is 5.98. The first-order valence-electron chi connectivity index (χ1n) is 7.99. The number of thiazole rings is 1. The van der Waals surface area contributed by atoms with E-state index in [2.05, 4.69) is 9.97 Å². The highest BCUT2D eigenvalue weighted by Gasteiger charge is 2.21. The third kappa shape index (κ3) is 4.16. The summed E-state index contributed by atoms with van der Waals surface area (Å²) in [6.07, 6.45) is 1.16. The molecule has 140 valence electrons. The molecule has 0 radical (unpaired) electrons. The number of hydrogen-bond donors (Lipinski definition) is 0. The second kappa shape index (κ2) is 8.60. The van der Waals surface area contributed by atoms with E-state index in [4.69, 9.17) is 4.74 Å². The lowest BCUT2D eigenvalue weighted by molar-refractivity contribution is -0.380. The van der Waals surface area contributed by atoms with E-state index in [1.807, 2.05) is 12.1 Å². The van der Waals surface area contributed by atoms with Gasteiger partial charge in [-0.3, -0.25) is 10.1 Å². The summed E-state index contributed by atoms with van der Waals surface area (Å²) in [6.45, 7) is 1.88. The van der Waals surface area contributed by atoms with Crippen molar-refractivity contribution in [1.29, 1.82) is 5.26 Å². The van der Waals surface area contributed by atoms with Crippen LogP contribution in [0.2, 0.25) is 0 Å². The van der Waals surface area contributed by atoms with E-state index < -0.39 is 10.9 Å². The maximum absolute atomic E-state index is 12.4. The van der Waals surface area contributed by atoms with E-state index in [-0.39, 0.29) is 22.7 Å². The van der Waals surface area contributed by atoms with Crippen LogP contribution < -0.4 is 0 Å². The first-order chi connectivity index (χ1) is 13.5. The Morgan fingerprint density at radius 2 is 2.14 bits per heavy atom. The molecule has 0 aliphatic heterocycles. The number of nitriles is 1. The smallest absolute Gasteiger partial charge is 0.344 e. The van der Waals surface area contributed by atoms with E-state index in [0.717, 1.165) is 29.3 Å². The highest BCUT2D eigenvalue weighted by atomic mass is 32.2. The lowest BCUT2D eigenvalue weighted by Gasteiger charge is -2.11. The fraction of sp³-hybridized carbons (Fsp3) is 0.111. The van der Waals surface area contributed by atoms with E-state index >= 15 is 0 Å². The summed E-state index contributed by atoms with van der Waals surface area (Å²) in [6, 6.07) is 12.5. The minimum atomic E-state index is -0.577. The van der Waals surface area contributed by atoms with Gasteiger partial charge in [-0.2, -0.15) is 5.26 Å². The van der Waals surface area contributed by atoms with Crippen LogP contribution in [0.15, 0.2) is 52.0 Å². The number of nitrogens with zero attached hydrogens (tertiary/aromatic N) is 4. The average molecular weight is 412 g/mol. The molecule has 2 heterocycles. The van der Waals surface area contributed by atoms with Crippen LogP contribution in [0.25, 0.3) is 11.3 Å². The van der Waals surface area contributed by atoms with Crippen molar-refractivity contribution in [2.45, 2.75) is 16.3 Å². The number of esters is 1. The van der Waals surface area contributed by atoms with Crippen molar-refractivity contribution in [3.8, 4) is 17.3 Å². The van der Waals surface area contributed by atoms with Gasteiger partial charge in [0.2, 0.25) is 0 Å². The zero-order valence-electron chi connectivity index (χ0n) is 14.5. The monoisotopic (exact) mass is 412 g/mol. The molecule has 0 bridgehead atoms. The molecule has 10 heteroatoms. The van der Waals surface area contributed by atoms with Gasteiger partial charge in [0.15, 0.2) is 4.34 Å². The molecule has 0 saturated heterocycles. The summed E-state index contributed by atoms with van der Waals surface area (Å²) >= 11 is 1.92. The van der Waals surface area contributed by atoms with Gasteiger partial charge in [-0.1, -0.05) is 30.3 Å². The van der Waals surface area contributed by atoms with Crippen molar-refractivity contribution in [2.24, 2.45) is 0 Å². The van der Waals surface area contributed by atoms with Gasteiger partial charge < -0.3 is 4.74 Å². The van der Waals surface area contributed by atoms with Crippen molar-refractivity contribution in [3.05, 3.63) is 63.8 Å². The molecule has 0 fully saturated rings. The summed E-state index contributed by atoms with van der Waals surface area (Å²) in [5.74, 6) is -0.577. The number of aromatic nitrogens is 2. The highest BCUT2D eigenvalue weighted by Crippen LogP contribution is 2.37. The van der Waals surface area contributed by atoms with Crippen molar-refractivity contribution in [1.82, 2.24) is 9.97 Å². The highest BCUT2D eigenvalue weighted by molar-refractivity contribution is 8.01. The number of pyridine rings is 1. The van der Waals surface area contributed by atoms with E-state index in [0.29, 0.717) is 20.6 Å². The lowest BCUT2D eigenvalue weighted by Crippen LogP contribution is -2.09. The third-order valence-corrected chi connectivity index (χ3v) is 5.52. The minimum Gasteiger partial charge on any atom is -0.462 e. The van der Waals surface area contributed by atoms with Gasteiger partial charge in [0.25, 0.3) is 0 Å². The van der Waals surface area contributed by atoms with Gasteiger partial charge in [0, 0.05) is 5.56 Å². The quantitative estimate of drug-likeness (QED) is 0.334. The van der Waals surface area contributed by atoms with Crippen LogP contribution >= 0.6 is 23.1 Å². The first-order valence-corrected chi connectivity index (χ1v) is 9.62. The van der Waals surface area contributed by atoms with Crippen LogP contribution in [0.1, 0.15) is 22.8 Å². The zero-order chi connectivity index (χ0) is 20.1. The predicted molar refractivity (Wildman–Crippen MR) is 103 cm³/mol. The maximum Gasteiger partial charge on any atom is 0.344 e. The minimum absolute atomic E-state index is 0.104. The summed E-state index contributed by atoms with van der Waals surface area (Å²) in [5.41, 5.74) is 1.39. The Labute approximate surface area is 168 Å². The first kappa shape index (κ1) is 19.5. The molecule has 0 saturated carbocycles. The molecule has 0 aliphatic rings. The van der Waals surface area contributed by atoms with E-state index in [1.165, 1.54) is 6.07 Å². The zero-order valence-corrected chi connectivity index (χ0v) is 16.1. The number of benzene rings is 1. The molecule has 0 atom stereocenters. The van der Waals surface area contributed by atoms with E-state index in [1.54, 1.807) is 31.2 Å². The topological polar surface area (TPSA) is 119 Å². The van der Waals surface area contributed by atoms with Crippen molar-refractivity contribution in [3.63, 3.8) is 0 Å². The van der Waals surface area contributed by atoms with Crippen molar-refractivity contribution in [2.75, 3.05) is 6.61 Å². The summed E-state index contributed by atoms with van der Waals surface area (Å²) in [4.78, 5) is 31.2. The Hall–Kier alpha value is -3.29. The lowest BCUT2D eigenvalue weighted by atomic mass is 10.0. The maximum atomic E-state index is 12.4. The van der Waals surface area contributed by atoms with Gasteiger partial charge >= 0.3 is 11.0 Å². The molecule has 0 amide bonds. The summed E-state index contributed by atoms with van der Waals surface area (Å²) in [5, 5.41) is 20.6. The number of rotatable bonds is 6. The molecule has 3 rings (SSSR count). The fourth-order valence-corrected chi connectivity index (χ4v) is 4.05. The molecule has 28 heavy (non-hydrogen) atoms. The Morgan fingerprint density at radius 3 is 2.75 bits per heavy atom. The van der Waals surface area contributed by atoms with Crippen LogP contribution in [0.5, 0.6) is 0 Å². The van der Waals surface area contributed by atoms with Gasteiger partial charge in [0.05, 0.1) is 28.4 Å². The van der Waals surface area contributed by atoms with Crippen LogP contribution in [0.4, 0.5) is 5.00 Å². The Bertz CT molecular complexity index is 1080. The Balaban J connectivity index is 2.10. The molecule has 8 nitrogen and oxygen atoms in total. The second-order valence-corrected chi connectivity index (χ2v) is 7.50. The number of nitro groups is 1. The molecule has 0 spiro atoms. The molecule has 0 unspecified atom stereocenters. The molecule has 1 aromatic carbocycles. The fourth-order valence-electron chi connectivity index (χ4n) is 2.30. The molecule has 3 aromatic rings. The Morgan fingerprint density at radius 1 is 1.39 bits per heavy atom. The molecular weight excluding hydrogens is 400 g/mol. The number of carbonyl (C=O) groups is 1. The van der Waals surface area contributed by atoms with Gasteiger partial charge in [-0.25, -0.2) is 14.8 Å². The largest absolute Gasteiger partial charge is 0.462 e. The summed E-state index contributed by atoms with van der Waals surface area (Å²) < 4.78 is 5.47. The number of ether oxygens (including phenoxy) is 1. The summed E-state index contributed by atoms with van der Waals surface area (Å²) in [7, 11) is 0. The SMILES string of the molecule is CCOC(=O)c1cc(C#N)c(Sc2ncc([N+](=O)[O-])s2)nc1-c1ccccc1. The average Bonchev–Trinajstić information content (AvgIpc) is 3.17. The third-order valence-electron chi connectivity index (χ3n) is 3.49. The van der Waals surface area contributed by atoms with E-state index in [9.17, 15) is 20.2 Å². The van der Waals surface area contributed by atoms with Crippen LogP contribution in [-0.4, -0.2) is 27.5 Å². The number of hydrogen-bond acceptors (Lipinski definition) is 9. The molecular formula is C18H12N4O4S2. The van der Waals surface area contributed by atoms with Crippen molar-refractivity contribution >= 4 is 34.1 Å². The van der Waals surface area contributed by atoms with Gasteiger partial charge in [0.1, 0.15) is 17.3 Å². The van der Waals surface area contributed by atoms with Crippen molar-refractivity contribution < 1.29 is 14.5 Å². The number of carbonyl (C=O) groups excluding carboxylic acids is 1. The molecule has 0 N–H and O–H groups in total. The van der Waals surface area contributed by atoms with Crippen LogP contribution in [0.3, 0.4) is 0 Å². The molecule has 2 aromatic heterocycles. The normalized spacial score (nSPS) is 10.3. The second-order valence-electron chi connectivity index (χ2n) is 5.26. The molecule has 0 aliphatic carbocycles. The van der Waals surface area contributed by atoms with Gasteiger partial charge in [-0.05, 0) is 36.1 Å². The predicted octanol–water partition coefficient (Wildman–Crippen LogP) is 4.31. The standard InChI is InChI=1S/C18H12N4O4S2/c1-2-26-17(23)13-8-12(9-19)16(21-15(13)11-6-4-3-5-7-11)28-18-20-10-14(27-18)22(24)25/h3-8,10H,2H2,1H3. The van der Waals surface area contributed by atoms with Gasteiger partial charge in [-0.15, -0.1) is 0 Å². The van der Waals surface area contributed by atoms with Crippen LogP contribution in [-0.2, 0) is 4.74 Å².